The molecule has 0 bridgehead atoms. The van der Waals surface area contributed by atoms with E-state index in [-0.39, 0.29) is 29.8 Å². The van der Waals surface area contributed by atoms with E-state index in [9.17, 15) is 4.39 Å². The number of nitrogens with zero attached hydrogens (tertiary/aromatic N) is 4. The summed E-state index contributed by atoms with van der Waals surface area (Å²) < 4.78 is 13.0. The number of rotatable bonds is 5. The van der Waals surface area contributed by atoms with E-state index in [0.29, 0.717) is 5.96 Å². The molecule has 1 aliphatic heterocycles. The minimum atomic E-state index is -0.193. The van der Waals surface area contributed by atoms with Crippen LogP contribution in [0.25, 0.3) is 0 Å². The second-order valence-electron chi connectivity index (χ2n) is 7.11. The molecule has 1 aliphatic carbocycles. The molecule has 26 heavy (non-hydrogen) atoms. The number of aliphatic imine (C=N–C) groups is 1. The predicted octanol–water partition coefficient (Wildman–Crippen LogP) is 2.75. The van der Waals surface area contributed by atoms with Gasteiger partial charge in [-0.2, -0.15) is 0 Å². The maximum absolute atomic E-state index is 13.0. The summed E-state index contributed by atoms with van der Waals surface area (Å²) in [6.07, 6.45) is 5.36. The lowest BCUT2D eigenvalue weighted by Gasteiger charge is -2.36. The highest BCUT2D eigenvalue weighted by Crippen LogP contribution is 2.22. The zero-order chi connectivity index (χ0) is 17.6. The molecule has 0 aromatic heterocycles. The van der Waals surface area contributed by atoms with Gasteiger partial charge in [0, 0.05) is 44.5 Å². The molecule has 0 spiro atoms. The van der Waals surface area contributed by atoms with E-state index in [0.717, 1.165) is 51.0 Å². The summed E-state index contributed by atoms with van der Waals surface area (Å²) in [4.78, 5) is 11.4. The first-order valence-corrected chi connectivity index (χ1v) is 9.39. The van der Waals surface area contributed by atoms with Crippen LogP contribution in [0.1, 0.15) is 25.7 Å². The van der Waals surface area contributed by atoms with Crippen molar-refractivity contribution in [1.29, 1.82) is 0 Å². The highest BCUT2D eigenvalue weighted by atomic mass is 127. The standard InChI is InChI=1S/C19H30FN5.HI/c1-23(17-4-2-3-5-17)11-10-22-19(21)25-14-12-24(13-15-25)18-8-6-16(20)7-9-18;/h6-9,17H,2-5,10-15H2,1H3,(H2,21,22);1H. The SMILES string of the molecule is CN(CCN=C(N)N1CCN(c2ccc(F)cc2)CC1)C1CCCC1.I. The Balaban J connectivity index is 0.00000243. The smallest absolute Gasteiger partial charge is 0.191 e. The van der Waals surface area contributed by atoms with Gasteiger partial charge in [0.05, 0.1) is 6.54 Å². The van der Waals surface area contributed by atoms with Crippen molar-refractivity contribution in [3.05, 3.63) is 30.1 Å². The molecule has 1 heterocycles. The lowest BCUT2D eigenvalue weighted by molar-refractivity contribution is 0.252. The fraction of sp³-hybridized carbons (Fsp3) is 0.632. The molecule has 5 nitrogen and oxygen atoms in total. The highest BCUT2D eigenvalue weighted by molar-refractivity contribution is 14.0. The molecular formula is C19H31FIN5. The fourth-order valence-electron chi connectivity index (χ4n) is 3.80. The number of hydrogen-bond acceptors (Lipinski definition) is 3. The fourth-order valence-corrected chi connectivity index (χ4v) is 3.80. The van der Waals surface area contributed by atoms with Gasteiger partial charge in [-0.15, -0.1) is 24.0 Å². The Morgan fingerprint density at radius 2 is 1.77 bits per heavy atom. The third-order valence-corrected chi connectivity index (χ3v) is 5.47. The van der Waals surface area contributed by atoms with Crippen molar-refractivity contribution in [3.63, 3.8) is 0 Å². The first-order valence-electron chi connectivity index (χ1n) is 9.39. The molecule has 146 valence electrons. The summed E-state index contributed by atoms with van der Waals surface area (Å²) in [6, 6.07) is 7.43. The predicted molar refractivity (Wildman–Crippen MR) is 117 cm³/mol. The number of hydrogen-bond donors (Lipinski definition) is 1. The number of nitrogens with two attached hydrogens (primary N) is 1. The molecule has 3 rings (SSSR count). The lowest BCUT2D eigenvalue weighted by Crippen LogP contribution is -2.51. The second kappa shape index (κ2) is 10.3. The first-order chi connectivity index (χ1) is 12.1. The molecule has 2 N–H and O–H groups in total. The average Bonchev–Trinajstić information content (AvgIpc) is 3.17. The third kappa shape index (κ3) is 5.70. The van der Waals surface area contributed by atoms with Gasteiger partial charge in [0.15, 0.2) is 5.96 Å². The molecule has 0 amide bonds. The van der Waals surface area contributed by atoms with Crippen molar-refractivity contribution in [3.8, 4) is 0 Å². The third-order valence-electron chi connectivity index (χ3n) is 5.47. The molecule has 1 saturated carbocycles. The van der Waals surface area contributed by atoms with Crippen LogP contribution in [-0.4, -0.2) is 68.1 Å². The van der Waals surface area contributed by atoms with Crippen molar-refractivity contribution in [2.24, 2.45) is 10.7 Å². The van der Waals surface area contributed by atoms with Crippen molar-refractivity contribution < 1.29 is 4.39 Å². The summed E-state index contributed by atoms with van der Waals surface area (Å²) in [5.41, 5.74) is 7.25. The summed E-state index contributed by atoms with van der Waals surface area (Å²) in [5, 5.41) is 0. The number of piperazine rings is 1. The van der Waals surface area contributed by atoms with Crippen molar-refractivity contribution in [2.75, 3.05) is 51.2 Å². The number of halogens is 2. The van der Waals surface area contributed by atoms with Crippen LogP contribution < -0.4 is 10.6 Å². The van der Waals surface area contributed by atoms with E-state index in [4.69, 9.17) is 5.73 Å². The molecule has 0 radical (unpaired) electrons. The Labute approximate surface area is 173 Å². The van der Waals surface area contributed by atoms with Gasteiger partial charge in [-0.1, -0.05) is 12.8 Å². The van der Waals surface area contributed by atoms with Crippen LogP contribution in [-0.2, 0) is 0 Å². The number of likely N-dealkylation sites (N-methyl/N-ethyl adjacent to an activating group) is 1. The van der Waals surface area contributed by atoms with Gasteiger partial charge in [-0.25, -0.2) is 4.39 Å². The Morgan fingerprint density at radius 1 is 1.15 bits per heavy atom. The van der Waals surface area contributed by atoms with Crippen molar-refractivity contribution >= 4 is 35.6 Å². The van der Waals surface area contributed by atoms with Gasteiger partial charge >= 0.3 is 0 Å². The molecule has 0 atom stereocenters. The Bertz CT molecular complexity index is 566. The maximum Gasteiger partial charge on any atom is 0.191 e. The van der Waals surface area contributed by atoms with Gasteiger partial charge in [-0.05, 0) is 44.2 Å². The molecule has 7 heteroatoms. The molecule has 0 unspecified atom stereocenters. The maximum atomic E-state index is 13.0. The van der Waals surface area contributed by atoms with Gasteiger partial charge in [0.25, 0.3) is 0 Å². The van der Waals surface area contributed by atoms with Crippen LogP contribution in [0.3, 0.4) is 0 Å². The number of guanidine groups is 1. The lowest BCUT2D eigenvalue weighted by atomic mass is 10.2. The number of anilines is 1. The minimum absolute atomic E-state index is 0. The summed E-state index contributed by atoms with van der Waals surface area (Å²) in [7, 11) is 2.20. The van der Waals surface area contributed by atoms with Crippen molar-refractivity contribution in [1.82, 2.24) is 9.80 Å². The van der Waals surface area contributed by atoms with Crippen molar-refractivity contribution in [2.45, 2.75) is 31.7 Å². The monoisotopic (exact) mass is 475 g/mol. The van der Waals surface area contributed by atoms with Gasteiger partial charge in [0.1, 0.15) is 5.82 Å². The zero-order valence-electron chi connectivity index (χ0n) is 15.6. The minimum Gasteiger partial charge on any atom is -0.370 e. The topological polar surface area (TPSA) is 48.1 Å². The quantitative estimate of drug-likeness (QED) is 0.405. The largest absolute Gasteiger partial charge is 0.370 e. The normalized spacial score (nSPS) is 19.1. The average molecular weight is 475 g/mol. The van der Waals surface area contributed by atoms with E-state index >= 15 is 0 Å². The van der Waals surface area contributed by atoms with Gasteiger partial charge in [0.2, 0.25) is 0 Å². The zero-order valence-corrected chi connectivity index (χ0v) is 17.9. The van der Waals surface area contributed by atoms with E-state index in [1.807, 2.05) is 12.1 Å². The Hall–Kier alpha value is -1.09. The Morgan fingerprint density at radius 3 is 2.38 bits per heavy atom. The Kier molecular flexibility index (Phi) is 8.40. The van der Waals surface area contributed by atoms with Gasteiger partial charge in [-0.3, -0.25) is 4.99 Å². The van der Waals surface area contributed by atoms with Crippen LogP contribution in [0.4, 0.5) is 10.1 Å². The molecule has 1 aromatic carbocycles. The molecule has 1 aromatic rings. The van der Waals surface area contributed by atoms with Crippen LogP contribution in [0.15, 0.2) is 29.3 Å². The first kappa shape index (κ1) is 21.2. The van der Waals surface area contributed by atoms with E-state index < -0.39 is 0 Å². The van der Waals surface area contributed by atoms with E-state index in [1.54, 1.807) is 0 Å². The van der Waals surface area contributed by atoms with Crippen LogP contribution in [0.5, 0.6) is 0 Å². The van der Waals surface area contributed by atoms with Crippen LogP contribution >= 0.6 is 24.0 Å². The molecule has 1 saturated heterocycles. The van der Waals surface area contributed by atoms with E-state index in [2.05, 4.69) is 26.7 Å². The molecule has 2 aliphatic rings. The second-order valence-corrected chi connectivity index (χ2v) is 7.11. The summed E-state index contributed by atoms with van der Waals surface area (Å²) in [6.45, 7) is 5.20. The van der Waals surface area contributed by atoms with Crippen LogP contribution in [0, 0.1) is 5.82 Å². The van der Waals surface area contributed by atoms with Crippen LogP contribution in [0.2, 0.25) is 0 Å². The molecule has 2 fully saturated rings. The highest BCUT2D eigenvalue weighted by Gasteiger charge is 2.20. The summed E-state index contributed by atoms with van der Waals surface area (Å²) >= 11 is 0. The van der Waals surface area contributed by atoms with Gasteiger partial charge < -0.3 is 20.4 Å². The molecular weight excluding hydrogens is 444 g/mol. The number of benzene rings is 1. The summed E-state index contributed by atoms with van der Waals surface area (Å²) in [5.74, 6) is 0.458. The van der Waals surface area contributed by atoms with E-state index in [1.165, 1.54) is 37.8 Å².